The van der Waals surface area contributed by atoms with Gasteiger partial charge in [0.25, 0.3) is 0 Å². The summed E-state index contributed by atoms with van der Waals surface area (Å²) >= 11 is 0. The summed E-state index contributed by atoms with van der Waals surface area (Å²) in [5.41, 5.74) is 2.77. The van der Waals surface area contributed by atoms with Gasteiger partial charge < -0.3 is 24.4 Å². The van der Waals surface area contributed by atoms with E-state index in [-0.39, 0.29) is 24.4 Å². The molecule has 0 saturated heterocycles. The van der Waals surface area contributed by atoms with Crippen molar-refractivity contribution in [3.63, 3.8) is 0 Å². The number of aromatic hydroxyl groups is 1. The average Bonchev–Trinajstić information content (AvgIpc) is 3.00. The molecule has 2 aromatic carbocycles. The van der Waals surface area contributed by atoms with Crippen LogP contribution in [0.15, 0.2) is 42.5 Å². The summed E-state index contributed by atoms with van der Waals surface area (Å²) in [7, 11) is 3.24. The van der Waals surface area contributed by atoms with Crippen LogP contribution in [0.3, 0.4) is 0 Å². The maximum Gasteiger partial charge on any atom is 0.165 e. The van der Waals surface area contributed by atoms with Gasteiger partial charge in [-0.15, -0.1) is 0 Å². The molecule has 0 radical (unpaired) electrons. The molecule has 3 rings (SSSR count). The highest BCUT2D eigenvalue weighted by Crippen LogP contribution is 2.50. The molecule has 2 N–H and O–H groups in total. The lowest BCUT2D eigenvalue weighted by molar-refractivity contribution is 0.157. The Bertz CT molecular complexity index is 751. The molecule has 1 heterocycles. The molecule has 1 aliphatic heterocycles. The van der Waals surface area contributed by atoms with E-state index in [0.29, 0.717) is 18.1 Å². The second kappa shape index (κ2) is 7.59. The summed E-state index contributed by atoms with van der Waals surface area (Å²) < 4.78 is 16.6. The molecule has 0 fully saturated rings. The Kier molecular flexibility index (Phi) is 5.26. The first kappa shape index (κ1) is 17.3. The lowest BCUT2D eigenvalue weighted by atomic mass is 9.90. The molecule has 0 aliphatic carbocycles. The smallest absolute Gasteiger partial charge is 0.165 e. The molecule has 2 atom stereocenters. The van der Waals surface area contributed by atoms with Crippen LogP contribution in [0.25, 0.3) is 6.08 Å². The zero-order valence-electron chi connectivity index (χ0n) is 14.3. The Morgan fingerprint density at radius 1 is 1.16 bits per heavy atom. The van der Waals surface area contributed by atoms with Crippen molar-refractivity contribution in [1.29, 1.82) is 0 Å². The summed E-state index contributed by atoms with van der Waals surface area (Å²) in [6, 6.07) is 10.8. The fraction of sp³-hybridized carbons (Fsp3) is 0.300. The summed E-state index contributed by atoms with van der Waals surface area (Å²) in [6.07, 6.45) is 3.55. The number of hydrogen-bond donors (Lipinski definition) is 2. The maximum atomic E-state index is 9.96. The number of fused-ring (bicyclic) bond motifs is 1. The molecule has 5 nitrogen and oxygen atoms in total. The third-order valence-electron chi connectivity index (χ3n) is 4.33. The van der Waals surface area contributed by atoms with Gasteiger partial charge >= 0.3 is 0 Å². The Hall–Kier alpha value is -2.50. The van der Waals surface area contributed by atoms with Crippen molar-refractivity contribution in [3.8, 4) is 17.2 Å². The van der Waals surface area contributed by atoms with Crippen LogP contribution >= 0.6 is 0 Å². The first-order chi connectivity index (χ1) is 12.2. The number of benzene rings is 2. The number of hydrogen-bond acceptors (Lipinski definition) is 5. The van der Waals surface area contributed by atoms with E-state index in [0.717, 1.165) is 16.7 Å². The van der Waals surface area contributed by atoms with Gasteiger partial charge in [-0.3, -0.25) is 0 Å². The fourth-order valence-electron chi connectivity index (χ4n) is 3.11. The van der Waals surface area contributed by atoms with E-state index in [9.17, 15) is 10.2 Å². The van der Waals surface area contributed by atoms with Gasteiger partial charge in [0.15, 0.2) is 11.5 Å². The van der Waals surface area contributed by atoms with Gasteiger partial charge in [-0.1, -0.05) is 24.3 Å². The summed E-state index contributed by atoms with van der Waals surface area (Å²) in [6.45, 7) is 0.475. The number of aliphatic hydroxyl groups is 1. The van der Waals surface area contributed by atoms with Gasteiger partial charge in [0.1, 0.15) is 11.9 Å². The lowest BCUT2D eigenvalue weighted by Crippen LogP contribution is -2.13. The standard InChI is InChI=1S/C20H22O5/c1-23-9-3-4-13-10-16-17(12-21)19(14-5-7-15(22)8-6-14)25-20(16)18(11-13)24-2/h3-8,10-11,17,19,21-22H,9,12H2,1-2H3. The second-order valence-corrected chi connectivity index (χ2v) is 5.92. The molecule has 2 unspecified atom stereocenters. The van der Waals surface area contributed by atoms with Gasteiger partial charge in [-0.25, -0.2) is 0 Å². The van der Waals surface area contributed by atoms with Gasteiger partial charge in [0.05, 0.1) is 26.2 Å². The van der Waals surface area contributed by atoms with Crippen LogP contribution in [0.5, 0.6) is 17.2 Å². The van der Waals surface area contributed by atoms with E-state index in [1.165, 1.54) is 0 Å². The van der Waals surface area contributed by atoms with E-state index in [1.807, 2.05) is 24.3 Å². The second-order valence-electron chi connectivity index (χ2n) is 5.92. The molecule has 2 aromatic rings. The van der Waals surface area contributed by atoms with E-state index in [4.69, 9.17) is 14.2 Å². The van der Waals surface area contributed by atoms with Crippen LogP contribution in [0.1, 0.15) is 28.7 Å². The van der Waals surface area contributed by atoms with Crippen molar-refractivity contribution in [2.45, 2.75) is 12.0 Å². The van der Waals surface area contributed by atoms with Crippen molar-refractivity contribution in [2.24, 2.45) is 0 Å². The Balaban J connectivity index is 1.99. The Labute approximate surface area is 147 Å². The summed E-state index contributed by atoms with van der Waals surface area (Å²) in [5, 5.41) is 19.4. The minimum Gasteiger partial charge on any atom is -0.508 e. The van der Waals surface area contributed by atoms with Crippen molar-refractivity contribution in [2.75, 3.05) is 27.4 Å². The molecule has 25 heavy (non-hydrogen) atoms. The minimum atomic E-state index is -0.326. The highest BCUT2D eigenvalue weighted by atomic mass is 16.5. The number of rotatable bonds is 6. The molecule has 5 heteroatoms. The number of ether oxygens (including phenoxy) is 3. The fourth-order valence-corrected chi connectivity index (χ4v) is 3.11. The molecule has 0 bridgehead atoms. The third-order valence-corrected chi connectivity index (χ3v) is 4.33. The van der Waals surface area contributed by atoms with Crippen LogP contribution in [0.4, 0.5) is 0 Å². The highest BCUT2D eigenvalue weighted by molar-refractivity contribution is 5.62. The minimum absolute atomic E-state index is 0.0487. The lowest BCUT2D eigenvalue weighted by Gasteiger charge is -2.17. The van der Waals surface area contributed by atoms with E-state index < -0.39 is 0 Å². The molecule has 0 amide bonds. The quantitative estimate of drug-likeness (QED) is 0.843. The van der Waals surface area contributed by atoms with Crippen LogP contribution in [-0.2, 0) is 4.74 Å². The number of phenolic OH excluding ortho intramolecular Hbond substituents is 1. The summed E-state index contributed by atoms with van der Waals surface area (Å²) in [4.78, 5) is 0. The largest absolute Gasteiger partial charge is 0.508 e. The Morgan fingerprint density at radius 3 is 2.56 bits per heavy atom. The van der Waals surface area contributed by atoms with Crippen molar-refractivity contribution in [1.82, 2.24) is 0 Å². The van der Waals surface area contributed by atoms with Gasteiger partial charge in [-0.05, 0) is 35.4 Å². The molecule has 1 aliphatic rings. The maximum absolute atomic E-state index is 9.96. The van der Waals surface area contributed by atoms with Gasteiger partial charge in [0, 0.05) is 12.7 Å². The van der Waals surface area contributed by atoms with Crippen LogP contribution in [-0.4, -0.2) is 37.6 Å². The molecular formula is C20H22O5. The first-order valence-corrected chi connectivity index (χ1v) is 8.11. The Morgan fingerprint density at radius 2 is 1.92 bits per heavy atom. The predicted octanol–water partition coefficient (Wildman–Crippen LogP) is 3.27. The predicted molar refractivity (Wildman–Crippen MR) is 95.2 cm³/mol. The van der Waals surface area contributed by atoms with Crippen LogP contribution in [0, 0.1) is 0 Å². The van der Waals surface area contributed by atoms with E-state index in [1.54, 1.807) is 38.5 Å². The van der Waals surface area contributed by atoms with Crippen LogP contribution in [0.2, 0.25) is 0 Å². The first-order valence-electron chi connectivity index (χ1n) is 8.11. The summed E-state index contributed by atoms with van der Waals surface area (Å²) in [5.74, 6) is 1.28. The third kappa shape index (κ3) is 3.48. The molecule has 132 valence electrons. The zero-order chi connectivity index (χ0) is 17.8. The molecule has 0 aromatic heterocycles. The van der Waals surface area contributed by atoms with Crippen molar-refractivity contribution in [3.05, 3.63) is 59.2 Å². The van der Waals surface area contributed by atoms with Crippen LogP contribution < -0.4 is 9.47 Å². The number of phenols is 1. The molecule has 0 spiro atoms. The zero-order valence-corrected chi connectivity index (χ0v) is 14.3. The van der Waals surface area contributed by atoms with Gasteiger partial charge in [0.2, 0.25) is 0 Å². The van der Waals surface area contributed by atoms with Crippen molar-refractivity contribution >= 4 is 6.08 Å². The number of methoxy groups -OCH3 is 2. The monoisotopic (exact) mass is 342 g/mol. The number of aliphatic hydroxyl groups excluding tert-OH is 1. The normalized spacial score (nSPS) is 19.0. The van der Waals surface area contributed by atoms with Crippen molar-refractivity contribution < 1.29 is 24.4 Å². The van der Waals surface area contributed by atoms with E-state index in [2.05, 4.69) is 0 Å². The molecular weight excluding hydrogens is 320 g/mol. The highest BCUT2D eigenvalue weighted by Gasteiger charge is 2.37. The van der Waals surface area contributed by atoms with E-state index >= 15 is 0 Å². The topological polar surface area (TPSA) is 68.2 Å². The molecule has 0 saturated carbocycles. The average molecular weight is 342 g/mol. The SMILES string of the molecule is COCC=Cc1cc(OC)c2c(c1)C(CO)C(c1ccc(O)cc1)O2. The van der Waals surface area contributed by atoms with Gasteiger partial charge in [-0.2, -0.15) is 0 Å².